The molecule has 0 spiro atoms. The van der Waals surface area contributed by atoms with Crippen molar-refractivity contribution < 1.29 is 13.2 Å². The van der Waals surface area contributed by atoms with Crippen molar-refractivity contribution in [3.8, 4) is 11.3 Å². The molecule has 136 valence electrons. The Morgan fingerprint density at radius 3 is 2.38 bits per heavy atom. The molecule has 0 unspecified atom stereocenters. The van der Waals surface area contributed by atoms with Gasteiger partial charge < -0.3 is 9.88 Å². The fourth-order valence-corrected chi connectivity index (χ4v) is 3.85. The second-order valence-corrected chi connectivity index (χ2v) is 8.66. The fraction of sp³-hybridized carbons (Fsp3) is 0.250. The van der Waals surface area contributed by atoms with Crippen molar-refractivity contribution in [1.29, 1.82) is 0 Å². The van der Waals surface area contributed by atoms with E-state index < -0.39 is 9.84 Å². The molecule has 3 rings (SSSR count). The van der Waals surface area contributed by atoms with E-state index in [1.165, 1.54) is 6.26 Å². The van der Waals surface area contributed by atoms with Crippen LogP contribution in [0.4, 0.5) is 0 Å². The zero-order chi connectivity index (χ0) is 18.7. The maximum absolute atomic E-state index is 12.9. The molecule has 6 heteroatoms. The first-order valence-electron chi connectivity index (χ1n) is 8.47. The van der Waals surface area contributed by atoms with Gasteiger partial charge in [0.25, 0.3) is 5.91 Å². The number of nitrogens with zero attached hydrogens (tertiary/aromatic N) is 1. The number of carbonyl (C=O) groups excluding carboxylic acids is 1. The number of carbonyl (C=O) groups is 1. The molecule has 0 aliphatic rings. The lowest BCUT2D eigenvalue weighted by molar-refractivity contribution is 0.0956. The Labute approximate surface area is 153 Å². The summed E-state index contributed by atoms with van der Waals surface area (Å²) in [5, 5.41) is 3.75. The van der Waals surface area contributed by atoms with Gasteiger partial charge in [-0.1, -0.05) is 48.5 Å². The first kappa shape index (κ1) is 18.2. The van der Waals surface area contributed by atoms with Crippen molar-refractivity contribution in [2.45, 2.75) is 6.42 Å². The second-order valence-electron chi connectivity index (χ2n) is 6.41. The summed E-state index contributed by atoms with van der Waals surface area (Å²) in [6.07, 6.45) is 1.60. The number of sulfone groups is 1. The highest BCUT2D eigenvalue weighted by Crippen LogP contribution is 2.32. The molecular formula is C20H22N2O3S. The predicted octanol–water partition coefficient (Wildman–Crippen LogP) is 3.01. The van der Waals surface area contributed by atoms with E-state index in [1.807, 2.05) is 66.2 Å². The molecule has 1 N–H and O–H groups in total. The Morgan fingerprint density at radius 2 is 1.69 bits per heavy atom. The van der Waals surface area contributed by atoms with Crippen LogP contribution in [0.1, 0.15) is 16.8 Å². The van der Waals surface area contributed by atoms with Crippen molar-refractivity contribution in [3.63, 3.8) is 0 Å². The van der Waals surface area contributed by atoms with Crippen molar-refractivity contribution in [1.82, 2.24) is 9.88 Å². The first-order valence-corrected chi connectivity index (χ1v) is 10.5. The standard InChI is InChI=1S/C20H22N2O3S/c1-22-17-12-7-6-11-16(17)18(19(22)15-9-4-3-5-10-15)20(23)21-13-8-14-26(2,24)25/h3-7,9-12H,8,13-14H2,1-2H3,(H,21,23). The van der Waals surface area contributed by atoms with Crippen LogP contribution in [0.15, 0.2) is 54.6 Å². The van der Waals surface area contributed by atoms with E-state index in [-0.39, 0.29) is 11.7 Å². The Balaban J connectivity index is 1.97. The van der Waals surface area contributed by atoms with E-state index in [2.05, 4.69) is 5.32 Å². The quantitative estimate of drug-likeness (QED) is 0.678. The van der Waals surface area contributed by atoms with Gasteiger partial charge in [-0.15, -0.1) is 0 Å². The highest BCUT2D eigenvalue weighted by atomic mass is 32.2. The van der Waals surface area contributed by atoms with Crippen LogP contribution in [0.2, 0.25) is 0 Å². The van der Waals surface area contributed by atoms with E-state index in [4.69, 9.17) is 0 Å². The van der Waals surface area contributed by atoms with Gasteiger partial charge in [-0.2, -0.15) is 0 Å². The topological polar surface area (TPSA) is 68.2 Å². The van der Waals surface area contributed by atoms with Gasteiger partial charge in [0.2, 0.25) is 0 Å². The van der Waals surface area contributed by atoms with Gasteiger partial charge in [-0.05, 0) is 18.1 Å². The van der Waals surface area contributed by atoms with E-state index in [0.29, 0.717) is 18.5 Å². The molecule has 0 aliphatic heterocycles. The minimum atomic E-state index is -3.02. The number of hydrogen-bond donors (Lipinski definition) is 1. The largest absolute Gasteiger partial charge is 0.352 e. The minimum Gasteiger partial charge on any atom is -0.352 e. The number of benzene rings is 2. The van der Waals surface area contributed by atoms with Gasteiger partial charge >= 0.3 is 0 Å². The van der Waals surface area contributed by atoms with Gasteiger partial charge in [0, 0.05) is 30.8 Å². The summed E-state index contributed by atoms with van der Waals surface area (Å²) >= 11 is 0. The Hall–Kier alpha value is -2.60. The maximum Gasteiger partial charge on any atom is 0.254 e. The number of para-hydroxylation sites is 1. The van der Waals surface area contributed by atoms with Crippen LogP contribution in [0.3, 0.4) is 0 Å². The average molecular weight is 370 g/mol. The van der Waals surface area contributed by atoms with Crippen LogP contribution >= 0.6 is 0 Å². The van der Waals surface area contributed by atoms with Gasteiger partial charge in [0.05, 0.1) is 17.0 Å². The van der Waals surface area contributed by atoms with Crippen molar-refractivity contribution in [3.05, 3.63) is 60.2 Å². The summed E-state index contributed by atoms with van der Waals surface area (Å²) in [5.41, 5.74) is 3.42. The average Bonchev–Trinajstić information content (AvgIpc) is 2.92. The highest BCUT2D eigenvalue weighted by molar-refractivity contribution is 7.90. The summed E-state index contributed by atoms with van der Waals surface area (Å²) in [4.78, 5) is 12.9. The molecule has 3 aromatic rings. The summed E-state index contributed by atoms with van der Waals surface area (Å²) < 4.78 is 24.5. The van der Waals surface area contributed by atoms with Crippen LogP contribution in [0.5, 0.6) is 0 Å². The Kier molecular flexibility index (Phi) is 5.13. The summed E-state index contributed by atoms with van der Waals surface area (Å²) in [5.74, 6) is -0.122. The third-order valence-corrected chi connectivity index (χ3v) is 5.39. The predicted molar refractivity (Wildman–Crippen MR) is 105 cm³/mol. The SMILES string of the molecule is Cn1c(-c2ccccc2)c(C(=O)NCCCS(C)(=O)=O)c2ccccc21. The third-order valence-electron chi connectivity index (χ3n) is 4.36. The lowest BCUT2D eigenvalue weighted by Gasteiger charge is -2.09. The summed E-state index contributed by atoms with van der Waals surface area (Å²) in [7, 11) is -1.07. The van der Waals surface area contributed by atoms with Gasteiger partial charge in [-0.3, -0.25) is 4.79 Å². The molecule has 1 aromatic heterocycles. The monoisotopic (exact) mass is 370 g/mol. The molecule has 0 saturated carbocycles. The van der Waals surface area contributed by atoms with Crippen molar-refractivity contribution >= 4 is 26.6 Å². The van der Waals surface area contributed by atoms with Crippen molar-refractivity contribution in [2.75, 3.05) is 18.6 Å². The lowest BCUT2D eigenvalue weighted by Crippen LogP contribution is -2.26. The summed E-state index contributed by atoms with van der Waals surface area (Å²) in [6.45, 7) is 0.323. The number of nitrogens with one attached hydrogen (secondary N) is 1. The van der Waals surface area contributed by atoms with Gasteiger partial charge in [-0.25, -0.2) is 8.42 Å². The van der Waals surface area contributed by atoms with E-state index >= 15 is 0 Å². The normalized spacial score (nSPS) is 11.6. The molecule has 0 aliphatic carbocycles. The number of hydrogen-bond acceptors (Lipinski definition) is 3. The Morgan fingerprint density at radius 1 is 1.04 bits per heavy atom. The zero-order valence-corrected chi connectivity index (χ0v) is 15.7. The molecule has 0 bridgehead atoms. The van der Waals surface area contributed by atoms with Gasteiger partial charge in [0.1, 0.15) is 9.84 Å². The first-order chi connectivity index (χ1) is 12.4. The Bertz CT molecular complexity index is 1040. The molecule has 0 saturated heterocycles. The van der Waals surface area contributed by atoms with Crippen LogP contribution in [-0.2, 0) is 16.9 Å². The maximum atomic E-state index is 12.9. The molecule has 1 heterocycles. The lowest BCUT2D eigenvalue weighted by atomic mass is 10.0. The molecule has 0 radical (unpaired) electrons. The minimum absolute atomic E-state index is 0.0638. The number of rotatable bonds is 6. The van der Waals surface area contributed by atoms with Crippen molar-refractivity contribution in [2.24, 2.45) is 7.05 Å². The summed E-state index contributed by atoms with van der Waals surface area (Å²) in [6, 6.07) is 17.6. The highest BCUT2D eigenvalue weighted by Gasteiger charge is 2.21. The fourth-order valence-electron chi connectivity index (χ4n) is 3.18. The molecule has 0 fully saturated rings. The van der Waals surface area contributed by atoms with Crippen LogP contribution in [0.25, 0.3) is 22.2 Å². The van der Waals surface area contributed by atoms with E-state index in [0.717, 1.165) is 22.2 Å². The molecule has 2 aromatic carbocycles. The van der Waals surface area contributed by atoms with E-state index in [1.54, 1.807) is 0 Å². The number of amides is 1. The van der Waals surface area contributed by atoms with Crippen LogP contribution in [0, 0.1) is 0 Å². The van der Waals surface area contributed by atoms with Gasteiger partial charge in [0.15, 0.2) is 0 Å². The molecule has 0 atom stereocenters. The number of aromatic nitrogens is 1. The zero-order valence-electron chi connectivity index (χ0n) is 14.9. The molecule has 1 amide bonds. The molecule has 5 nitrogen and oxygen atoms in total. The molecular weight excluding hydrogens is 348 g/mol. The van der Waals surface area contributed by atoms with Crippen LogP contribution in [-0.4, -0.2) is 37.4 Å². The number of fused-ring (bicyclic) bond motifs is 1. The second kappa shape index (κ2) is 7.33. The van der Waals surface area contributed by atoms with Crippen LogP contribution < -0.4 is 5.32 Å². The van der Waals surface area contributed by atoms with E-state index in [9.17, 15) is 13.2 Å². The molecule has 26 heavy (non-hydrogen) atoms. The third kappa shape index (κ3) is 3.80. The smallest absolute Gasteiger partial charge is 0.254 e. The number of aryl methyl sites for hydroxylation is 1.